The van der Waals surface area contributed by atoms with Gasteiger partial charge < -0.3 is 15.6 Å². The van der Waals surface area contributed by atoms with Gasteiger partial charge in [0.2, 0.25) is 0 Å². The van der Waals surface area contributed by atoms with Crippen molar-refractivity contribution in [3.63, 3.8) is 0 Å². The topological polar surface area (TPSA) is 52.7 Å². The van der Waals surface area contributed by atoms with Gasteiger partial charge in [-0.2, -0.15) is 11.8 Å². The number of hydrogen-bond donors (Lipinski definition) is 3. The van der Waals surface area contributed by atoms with Gasteiger partial charge in [0.25, 0.3) is 0 Å². The fourth-order valence-electron chi connectivity index (χ4n) is 2.03. The quantitative estimate of drug-likeness (QED) is 0.573. The van der Waals surface area contributed by atoms with Crippen LogP contribution in [0.5, 0.6) is 0 Å². The maximum absolute atomic E-state index is 5.03. The number of thioether (sulfide) groups is 1. The van der Waals surface area contributed by atoms with Crippen molar-refractivity contribution in [3.8, 4) is 0 Å². The van der Waals surface area contributed by atoms with Crippen molar-refractivity contribution in [2.75, 3.05) is 19.3 Å². The zero-order valence-corrected chi connectivity index (χ0v) is 11.6. The molecule has 1 aliphatic rings. The Hall–Kier alpha value is -0.750. The molecule has 1 aliphatic carbocycles. The van der Waals surface area contributed by atoms with E-state index in [1.54, 1.807) is 0 Å². The number of rotatable bonds is 4. The van der Waals surface area contributed by atoms with Gasteiger partial charge in [0.05, 0.1) is 12.0 Å². The number of nitrogens with zero attached hydrogens (tertiary/aromatic N) is 1. The lowest BCUT2D eigenvalue weighted by atomic mass is 10.0. The van der Waals surface area contributed by atoms with Gasteiger partial charge in [-0.15, -0.1) is 0 Å². The lowest BCUT2D eigenvalue weighted by Gasteiger charge is -2.20. The predicted octanol–water partition coefficient (Wildman–Crippen LogP) is 1.61. The van der Waals surface area contributed by atoms with E-state index in [0.717, 1.165) is 23.8 Å². The van der Waals surface area contributed by atoms with E-state index in [4.69, 9.17) is 12.2 Å². The summed E-state index contributed by atoms with van der Waals surface area (Å²) in [5, 5.41) is 7.34. The number of hydrogen-bond acceptors (Lipinski definition) is 3. The molecule has 0 amide bonds. The molecule has 2 rings (SSSR count). The van der Waals surface area contributed by atoms with Crippen molar-refractivity contribution in [3.05, 3.63) is 17.7 Å². The first-order valence-corrected chi connectivity index (χ1v) is 7.36. The zero-order valence-electron chi connectivity index (χ0n) is 9.95. The molecule has 0 saturated heterocycles. The van der Waals surface area contributed by atoms with Gasteiger partial charge in [0.1, 0.15) is 0 Å². The van der Waals surface area contributed by atoms with E-state index in [1.165, 1.54) is 24.2 Å². The minimum atomic E-state index is 0.551. The van der Waals surface area contributed by atoms with E-state index in [0.29, 0.717) is 5.25 Å². The molecule has 1 heterocycles. The Labute approximate surface area is 111 Å². The largest absolute Gasteiger partial charge is 0.366 e. The van der Waals surface area contributed by atoms with Crippen molar-refractivity contribution in [1.29, 1.82) is 0 Å². The highest BCUT2D eigenvalue weighted by Crippen LogP contribution is 2.37. The average molecular weight is 270 g/mol. The molecule has 0 fully saturated rings. The highest BCUT2D eigenvalue weighted by atomic mass is 32.2. The molecule has 6 heteroatoms. The highest BCUT2D eigenvalue weighted by molar-refractivity contribution is 7.99. The number of H-pyrrole nitrogens is 1. The Bertz CT molecular complexity index is 377. The summed E-state index contributed by atoms with van der Waals surface area (Å²) in [6.45, 7) is 0.903. The maximum Gasteiger partial charge on any atom is 0.166 e. The van der Waals surface area contributed by atoms with Crippen LogP contribution >= 0.6 is 24.0 Å². The smallest absolute Gasteiger partial charge is 0.166 e. The predicted molar refractivity (Wildman–Crippen MR) is 76.4 cm³/mol. The first-order valence-electron chi connectivity index (χ1n) is 5.90. The summed E-state index contributed by atoms with van der Waals surface area (Å²) in [4.78, 5) is 7.67. The van der Waals surface area contributed by atoms with Gasteiger partial charge in [-0.05, 0) is 31.5 Å². The highest BCUT2D eigenvalue weighted by Gasteiger charge is 2.22. The van der Waals surface area contributed by atoms with Crippen molar-refractivity contribution < 1.29 is 0 Å². The fraction of sp³-hybridized carbons (Fsp3) is 0.636. The minimum Gasteiger partial charge on any atom is -0.366 e. The van der Waals surface area contributed by atoms with Crippen LogP contribution in [-0.4, -0.2) is 34.4 Å². The molecular formula is C11H18N4S2. The normalized spacial score (nSPS) is 18.5. The summed E-state index contributed by atoms with van der Waals surface area (Å²) < 4.78 is 0. The second-order valence-electron chi connectivity index (χ2n) is 4.02. The Morgan fingerprint density at radius 2 is 2.59 bits per heavy atom. The molecule has 0 radical (unpaired) electrons. The van der Waals surface area contributed by atoms with Crippen LogP contribution in [0.25, 0.3) is 0 Å². The molecule has 1 atom stereocenters. The van der Waals surface area contributed by atoms with Gasteiger partial charge in [-0.3, -0.25) is 0 Å². The third kappa shape index (κ3) is 3.35. The van der Waals surface area contributed by atoms with Gasteiger partial charge in [0.15, 0.2) is 5.11 Å². The average Bonchev–Trinajstić information content (AvgIpc) is 2.83. The lowest BCUT2D eigenvalue weighted by Crippen LogP contribution is -2.33. The molecule has 94 valence electrons. The third-order valence-corrected chi connectivity index (χ3v) is 4.53. The number of imidazole rings is 1. The van der Waals surface area contributed by atoms with Gasteiger partial charge in [0, 0.05) is 30.3 Å². The van der Waals surface area contributed by atoms with Crippen LogP contribution in [0.3, 0.4) is 0 Å². The summed E-state index contributed by atoms with van der Waals surface area (Å²) >= 11 is 6.99. The molecule has 0 aliphatic heterocycles. The first kappa shape index (κ1) is 12.7. The molecule has 3 N–H and O–H groups in total. The standard InChI is InChI=1S/C11H18N4S2/c1-12-11(16)13-5-6-17-9-4-2-3-8-10(9)15-7-14-8/h7,9H,2-6H2,1H3,(H,14,15)(H2,12,13,16). The van der Waals surface area contributed by atoms with E-state index in [9.17, 15) is 0 Å². The molecular weight excluding hydrogens is 252 g/mol. The second-order valence-corrected chi connectivity index (χ2v) is 5.74. The number of aromatic nitrogens is 2. The van der Waals surface area contributed by atoms with Gasteiger partial charge in [-0.1, -0.05) is 0 Å². The van der Waals surface area contributed by atoms with Crippen LogP contribution in [0.15, 0.2) is 6.33 Å². The van der Waals surface area contributed by atoms with Crippen LogP contribution in [0, 0.1) is 0 Å². The Morgan fingerprint density at radius 3 is 3.41 bits per heavy atom. The molecule has 0 aromatic carbocycles. The van der Waals surface area contributed by atoms with Gasteiger partial charge in [-0.25, -0.2) is 4.98 Å². The van der Waals surface area contributed by atoms with Crippen LogP contribution in [0.4, 0.5) is 0 Å². The molecule has 1 aromatic heterocycles. The van der Waals surface area contributed by atoms with Gasteiger partial charge >= 0.3 is 0 Å². The summed E-state index contributed by atoms with van der Waals surface area (Å²) in [5.74, 6) is 1.05. The van der Waals surface area contributed by atoms with E-state index < -0.39 is 0 Å². The Kier molecular flexibility index (Phi) is 4.67. The summed E-state index contributed by atoms with van der Waals surface area (Å²) in [7, 11) is 1.83. The summed E-state index contributed by atoms with van der Waals surface area (Å²) in [6, 6.07) is 0. The molecule has 0 spiro atoms. The first-order chi connectivity index (χ1) is 8.31. The Morgan fingerprint density at radius 1 is 1.71 bits per heavy atom. The van der Waals surface area contributed by atoms with Crippen molar-refractivity contribution in [2.24, 2.45) is 0 Å². The monoisotopic (exact) mass is 270 g/mol. The maximum atomic E-state index is 5.03. The van der Waals surface area contributed by atoms with Crippen LogP contribution in [0.1, 0.15) is 29.5 Å². The van der Waals surface area contributed by atoms with Crippen LogP contribution in [-0.2, 0) is 6.42 Å². The van der Waals surface area contributed by atoms with Crippen molar-refractivity contribution in [2.45, 2.75) is 24.5 Å². The van der Waals surface area contributed by atoms with E-state index in [2.05, 4.69) is 20.6 Å². The third-order valence-electron chi connectivity index (χ3n) is 2.88. The number of aryl methyl sites for hydroxylation is 1. The lowest BCUT2D eigenvalue weighted by molar-refractivity contribution is 0.655. The van der Waals surface area contributed by atoms with E-state index in [-0.39, 0.29) is 0 Å². The minimum absolute atomic E-state index is 0.551. The number of aromatic amines is 1. The zero-order chi connectivity index (χ0) is 12.1. The molecule has 1 unspecified atom stereocenters. The molecule has 17 heavy (non-hydrogen) atoms. The molecule has 1 aromatic rings. The van der Waals surface area contributed by atoms with Crippen molar-refractivity contribution in [1.82, 2.24) is 20.6 Å². The van der Waals surface area contributed by atoms with E-state index in [1.807, 2.05) is 25.1 Å². The van der Waals surface area contributed by atoms with Crippen molar-refractivity contribution >= 4 is 29.1 Å². The second kappa shape index (κ2) is 6.26. The SMILES string of the molecule is CNC(=S)NCCSC1CCCc2[nH]cnc21. The van der Waals surface area contributed by atoms with Crippen LogP contribution < -0.4 is 10.6 Å². The number of fused-ring (bicyclic) bond motifs is 1. The fourth-order valence-corrected chi connectivity index (χ4v) is 3.33. The molecule has 0 bridgehead atoms. The summed E-state index contributed by atoms with van der Waals surface area (Å²) in [6.07, 6.45) is 5.46. The number of nitrogens with one attached hydrogen (secondary N) is 3. The van der Waals surface area contributed by atoms with E-state index >= 15 is 0 Å². The summed E-state index contributed by atoms with van der Waals surface area (Å²) in [5.41, 5.74) is 2.59. The van der Waals surface area contributed by atoms with Crippen LogP contribution in [0.2, 0.25) is 0 Å². The molecule has 0 saturated carbocycles. The number of thiocarbonyl (C=S) groups is 1. The Balaban J connectivity index is 1.76. The molecule has 4 nitrogen and oxygen atoms in total.